The fraction of sp³-hybridized carbons (Fsp3) is 0.562. The fourth-order valence-electron chi connectivity index (χ4n) is 2.59. The highest BCUT2D eigenvalue weighted by molar-refractivity contribution is 9.10. The van der Waals surface area contributed by atoms with Gasteiger partial charge in [-0.05, 0) is 72.7 Å². The van der Waals surface area contributed by atoms with E-state index in [9.17, 15) is 4.79 Å². The van der Waals surface area contributed by atoms with E-state index in [1.807, 2.05) is 18.2 Å². The van der Waals surface area contributed by atoms with Gasteiger partial charge in [0.15, 0.2) is 0 Å². The summed E-state index contributed by atoms with van der Waals surface area (Å²) in [4.78, 5) is 12.1. The minimum absolute atomic E-state index is 0.00786. The average molecular weight is 338 g/mol. The van der Waals surface area contributed by atoms with Crippen molar-refractivity contribution in [1.29, 1.82) is 0 Å². The number of nitrogens with one attached hydrogen (secondary N) is 1. The number of carbonyl (C=O) groups is 1. The lowest BCUT2D eigenvalue weighted by atomic mass is 9.98. The first-order valence-electron chi connectivity index (χ1n) is 7.49. The van der Waals surface area contributed by atoms with Gasteiger partial charge in [0.25, 0.3) is 5.91 Å². The summed E-state index contributed by atoms with van der Waals surface area (Å²) < 4.78 is 6.99. The molecule has 0 aromatic heterocycles. The van der Waals surface area contributed by atoms with Crippen molar-refractivity contribution in [3.8, 4) is 5.75 Å². The van der Waals surface area contributed by atoms with Crippen LogP contribution in [0.3, 0.4) is 0 Å². The Hall–Kier alpha value is -1.03. The van der Waals surface area contributed by atoms with E-state index in [4.69, 9.17) is 4.74 Å². The Morgan fingerprint density at radius 2 is 1.90 bits per heavy atom. The van der Waals surface area contributed by atoms with Gasteiger partial charge in [-0.1, -0.05) is 6.42 Å². The fourth-order valence-corrected chi connectivity index (χ4v) is 2.93. The number of benzene rings is 1. The predicted molar refractivity (Wildman–Crippen MR) is 82.1 cm³/mol. The molecule has 1 aromatic carbocycles. The van der Waals surface area contributed by atoms with Crippen LogP contribution in [-0.2, 0) is 0 Å². The van der Waals surface area contributed by atoms with Crippen molar-refractivity contribution in [2.45, 2.75) is 57.1 Å². The van der Waals surface area contributed by atoms with Gasteiger partial charge in [-0.15, -0.1) is 0 Å². The molecule has 2 saturated carbocycles. The summed E-state index contributed by atoms with van der Waals surface area (Å²) in [6.45, 7) is 0. The first-order valence-corrected chi connectivity index (χ1v) is 8.29. The third-order valence-corrected chi connectivity index (χ3v) is 4.61. The Labute approximate surface area is 128 Å². The van der Waals surface area contributed by atoms with E-state index in [1.54, 1.807) is 0 Å². The topological polar surface area (TPSA) is 38.3 Å². The van der Waals surface area contributed by atoms with E-state index < -0.39 is 0 Å². The van der Waals surface area contributed by atoms with Crippen LogP contribution in [0.5, 0.6) is 5.75 Å². The van der Waals surface area contributed by atoms with Crippen LogP contribution < -0.4 is 10.1 Å². The molecule has 2 aliphatic rings. The molecule has 0 radical (unpaired) electrons. The van der Waals surface area contributed by atoms with Crippen LogP contribution in [0.25, 0.3) is 0 Å². The van der Waals surface area contributed by atoms with Crippen LogP contribution >= 0.6 is 15.9 Å². The zero-order valence-electron chi connectivity index (χ0n) is 11.5. The lowest BCUT2D eigenvalue weighted by Gasteiger charge is -2.23. The molecule has 0 bridgehead atoms. The van der Waals surface area contributed by atoms with Crippen LogP contribution in [0.2, 0.25) is 0 Å². The Morgan fingerprint density at radius 1 is 1.15 bits per heavy atom. The van der Waals surface area contributed by atoms with Gasteiger partial charge in [0, 0.05) is 11.6 Å². The van der Waals surface area contributed by atoms with Crippen molar-refractivity contribution in [2.75, 3.05) is 0 Å². The summed E-state index contributed by atoms with van der Waals surface area (Å²) in [6, 6.07) is 5.99. The van der Waals surface area contributed by atoms with Gasteiger partial charge in [-0.3, -0.25) is 4.79 Å². The zero-order valence-corrected chi connectivity index (χ0v) is 13.1. The highest BCUT2D eigenvalue weighted by atomic mass is 79.9. The van der Waals surface area contributed by atoms with E-state index in [1.165, 1.54) is 19.3 Å². The molecule has 20 heavy (non-hydrogen) atoms. The minimum atomic E-state index is 0.00786. The predicted octanol–water partition coefficient (Wildman–Crippen LogP) is 4.05. The molecule has 4 heteroatoms. The number of halogens is 1. The molecular weight excluding hydrogens is 318 g/mol. The number of rotatable bonds is 4. The number of hydrogen-bond acceptors (Lipinski definition) is 2. The lowest BCUT2D eigenvalue weighted by Crippen LogP contribution is -2.25. The zero-order chi connectivity index (χ0) is 13.9. The summed E-state index contributed by atoms with van der Waals surface area (Å²) in [5.74, 6) is 0.800. The van der Waals surface area contributed by atoms with E-state index in [0.29, 0.717) is 17.7 Å². The second-order valence-corrected chi connectivity index (χ2v) is 6.63. The van der Waals surface area contributed by atoms with E-state index >= 15 is 0 Å². The highest BCUT2D eigenvalue weighted by Crippen LogP contribution is 2.30. The van der Waals surface area contributed by atoms with E-state index in [0.717, 1.165) is 35.9 Å². The molecule has 0 atom stereocenters. The normalized spacial score (nSPS) is 19.6. The van der Waals surface area contributed by atoms with Crippen LogP contribution in [0.1, 0.15) is 55.3 Å². The average Bonchev–Trinajstić information content (AvgIpc) is 3.26. The summed E-state index contributed by atoms with van der Waals surface area (Å²) in [6.07, 6.45) is 8.53. The molecule has 3 nitrogen and oxygen atoms in total. The van der Waals surface area contributed by atoms with Crippen LogP contribution in [0.4, 0.5) is 0 Å². The van der Waals surface area contributed by atoms with Gasteiger partial charge in [0.1, 0.15) is 5.75 Å². The molecule has 1 N–H and O–H groups in total. The maximum absolute atomic E-state index is 12.1. The number of ether oxygens (including phenoxy) is 1. The van der Waals surface area contributed by atoms with Crippen molar-refractivity contribution in [3.05, 3.63) is 28.2 Å². The van der Waals surface area contributed by atoms with Gasteiger partial charge in [-0.2, -0.15) is 0 Å². The molecular formula is C16H20BrNO2. The number of amides is 1. The summed E-state index contributed by atoms with van der Waals surface area (Å²) in [5, 5.41) is 3.01. The summed E-state index contributed by atoms with van der Waals surface area (Å²) >= 11 is 3.51. The molecule has 108 valence electrons. The molecule has 1 amide bonds. The maximum Gasteiger partial charge on any atom is 0.251 e. The van der Waals surface area contributed by atoms with Crippen LogP contribution in [-0.4, -0.2) is 18.1 Å². The van der Waals surface area contributed by atoms with Crippen molar-refractivity contribution < 1.29 is 9.53 Å². The van der Waals surface area contributed by atoms with Crippen LogP contribution in [0.15, 0.2) is 22.7 Å². The SMILES string of the molecule is O=C(NC1CC1)c1ccc(Br)c(OC2CCCCC2)c1. The largest absolute Gasteiger partial charge is 0.489 e. The highest BCUT2D eigenvalue weighted by Gasteiger charge is 2.24. The monoisotopic (exact) mass is 337 g/mol. The molecule has 3 rings (SSSR count). The Morgan fingerprint density at radius 3 is 2.60 bits per heavy atom. The molecule has 0 aliphatic heterocycles. The Kier molecular flexibility index (Phi) is 4.29. The summed E-state index contributed by atoms with van der Waals surface area (Å²) in [7, 11) is 0. The summed E-state index contributed by atoms with van der Waals surface area (Å²) in [5.41, 5.74) is 0.686. The third-order valence-electron chi connectivity index (χ3n) is 3.95. The van der Waals surface area contributed by atoms with Crippen LogP contribution in [0, 0.1) is 0 Å². The Bertz CT molecular complexity index is 493. The van der Waals surface area contributed by atoms with E-state index in [-0.39, 0.29) is 5.91 Å². The smallest absolute Gasteiger partial charge is 0.251 e. The first-order chi connectivity index (χ1) is 9.72. The Balaban J connectivity index is 1.70. The van der Waals surface area contributed by atoms with Crippen molar-refractivity contribution in [2.24, 2.45) is 0 Å². The van der Waals surface area contributed by atoms with Crippen molar-refractivity contribution in [1.82, 2.24) is 5.32 Å². The first kappa shape index (κ1) is 13.9. The molecule has 0 unspecified atom stereocenters. The lowest BCUT2D eigenvalue weighted by molar-refractivity contribution is 0.0949. The molecule has 2 aliphatic carbocycles. The van der Waals surface area contributed by atoms with Gasteiger partial charge in [0.05, 0.1) is 10.6 Å². The van der Waals surface area contributed by atoms with E-state index in [2.05, 4.69) is 21.2 Å². The van der Waals surface area contributed by atoms with Gasteiger partial charge in [0.2, 0.25) is 0 Å². The van der Waals surface area contributed by atoms with Crippen molar-refractivity contribution >= 4 is 21.8 Å². The maximum atomic E-state index is 12.1. The molecule has 0 heterocycles. The second-order valence-electron chi connectivity index (χ2n) is 5.77. The second kappa shape index (κ2) is 6.17. The van der Waals surface area contributed by atoms with Gasteiger partial charge in [-0.25, -0.2) is 0 Å². The number of hydrogen-bond donors (Lipinski definition) is 1. The van der Waals surface area contributed by atoms with Crippen molar-refractivity contribution in [3.63, 3.8) is 0 Å². The molecule has 2 fully saturated rings. The molecule has 0 saturated heterocycles. The van der Waals surface area contributed by atoms with Gasteiger partial charge < -0.3 is 10.1 Å². The quantitative estimate of drug-likeness (QED) is 0.899. The third kappa shape index (κ3) is 3.54. The standard InChI is InChI=1S/C16H20BrNO2/c17-14-9-6-11(16(19)18-12-7-8-12)10-15(14)20-13-4-2-1-3-5-13/h6,9-10,12-13H,1-5,7-8H2,(H,18,19). The molecule has 0 spiro atoms. The number of carbonyl (C=O) groups excluding carboxylic acids is 1. The molecule has 1 aromatic rings. The van der Waals surface area contributed by atoms with Gasteiger partial charge >= 0.3 is 0 Å². The minimum Gasteiger partial charge on any atom is -0.489 e.